The van der Waals surface area contributed by atoms with Crippen molar-refractivity contribution in [1.29, 1.82) is 0 Å². The molecule has 0 saturated carbocycles. The third-order valence-electron chi connectivity index (χ3n) is 2.45. The Hall–Kier alpha value is -2.36. The second-order valence-electron chi connectivity index (χ2n) is 3.69. The van der Waals surface area contributed by atoms with Crippen LogP contribution in [0.4, 0.5) is 0 Å². The maximum absolute atomic E-state index is 10.9. The average Bonchev–Trinajstić information content (AvgIpc) is 2.32. The maximum atomic E-state index is 10.9. The van der Waals surface area contributed by atoms with Gasteiger partial charge in [-0.3, -0.25) is 4.98 Å². The maximum Gasteiger partial charge on any atom is 0.339 e. The van der Waals surface area contributed by atoms with Crippen molar-refractivity contribution in [3.8, 4) is 5.75 Å². The number of rotatable bonds is 3. The molecular weight excluding hydrogens is 218 g/mol. The Bertz CT molecular complexity index is 538. The molecule has 0 radical (unpaired) electrons. The molecule has 0 amide bonds. The zero-order valence-electron chi connectivity index (χ0n) is 9.00. The molecule has 1 aromatic heterocycles. The van der Waals surface area contributed by atoms with E-state index in [0.29, 0.717) is 6.42 Å². The van der Waals surface area contributed by atoms with Crippen molar-refractivity contribution in [2.75, 3.05) is 0 Å². The lowest BCUT2D eigenvalue weighted by atomic mass is 10.0. The number of hydrogen-bond donors (Lipinski definition) is 2. The van der Waals surface area contributed by atoms with Crippen LogP contribution in [0.3, 0.4) is 0 Å². The Morgan fingerprint density at radius 2 is 1.82 bits per heavy atom. The molecule has 0 aliphatic heterocycles. The summed E-state index contributed by atoms with van der Waals surface area (Å²) < 4.78 is 0. The van der Waals surface area contributed by atoms with Crippen LogP contribution in [0.2, 0.25) is 0 Å². The topological polar surface area (TPSA) is 70.4 Å². The van der Waals surface area contributed by atoms with Crippen molar-refractivity contribution >= 4 is 5.97 Å². The standard InChI is InChI=1S/C13H11NO3/c15-12-2-1-10(8-11(12)13(16)17)7-9-3-5-14-6-4-9/h1-6,8,15H,7H2,(H,16,17). The van der Waals surface area contributed by atoms with E-state index >= 15 is 0 Å². The molecule has 0 bridgehead atoms. The molecule has 0 aliphatic carbocycles. The molecular formula is C13H11NO3. The van der Waals surface area contributed by atoms with Crippen LogP contribution in [0.5, 0.6) is 5.75 Å². The quantitative estimate of drug-likeness (QED) is 0.845. The molecule has 0 unspecified atom stereocenters. The number of carboxylic acids is 1. The third kappa shape index (κ3) is 2.60. The molecule has 2 aromatic rings. The van der Waals surface area contributed by atoms with E-state index in [0.717, 1.165) is 11.1 Å². The van der Waals surface area contributed by atoms with Crippen molar-refractivity contribution in [3.05, 3.63) is 59.4 Å². The highest BCUT2D eigenvalue weighted by Crippen LogP contribution is 2.20. The minimum Gasteiger partial charge on any atom is -0.507 e. The van der Waals surface area contributed by atoms with Gasteiger partial charge in [0, 0.05) is 12.4 Å². The number of benzene rings is 1. The lowest BCUT2D eigenvalue weighted by molar-refractivity contribution is 0.0693. The molecule has 2 N–H and O–H groups in total. The fraction of sp³-hybridized carbons (Fsp3) is 0.0769. The molecule has 4 nitrogen and oxygen atoms in total. The van der Waals surface area contributed by atoms with Crippen LogP contribution in [0.25, 0.3) is 0 Å². The lowest BCUT2D eigenvalue weighted by Crippen LogP contribution is -1.98. The minimum absolute atomic E-state index is 0.0726. The van der Waals surface area contributed by atoms with Gasteiger partial charge in [0.2, 0.25) is 0 Å². The second kappa shape index (κ2) is 4.65. The van der Waals surface area contributed by atoms with Crippen molar-refractivity contribution in [1.82, 2.24) is 4.98 Å². The van der Waals surface area contributed by atoms with Gasteiger partial charge >= 0.3 is 5.97 Å². The zero-order chi connectivity index (χ0) is 12.3. The summed E-state index contributed by atoms with van der Waals surface area (Å²) in [5, 5.41) is 18.3. The van der Waals surface area contributed by atoms with Gasteiger partial charge in [-0.05, 0) is 41.8 Å². The first kappa shape index (κ1) is 11.1. The molecule has 86 valence electrons. The van der Waals surface area contributed by atoms with E-state index in [9.17, 15) is 9.90 Å². The van der Waals surface area contributed by atoms with Crippen LogP contribution in [0.1, 0.15) is 21.5 Å². The van der Waals surface area contributed by atoms with Crippen LogP contribution < -0.4 is 0 Å². The summed E-state index contributed by atoms with van der Waals surface area (Å²) in [6, 6.07) is 8.33. The van der Waals surface area contributed by atoms with Gasteiger partial charge in [-0.25, -0.2) is 4.79 Å². The predicted molar refractivity (Wildman–Crippen MR) is 62.1 cm³/mol. The van der Waals surface area contributed by atoms with E-state index < -0.39 is 5.97 Å². The summed E-state index contributed by atoms with van der Waals surface area (Å²) in [6.07, 6.45) is 3.99. The van der Waals surface area contributed by atoms with Crippen molar-refractivity contribution in [3.63, 3.8) is 0 Å². The van der Waals surface area contributed by atoms with Crippen molar-refractivity contribution in [2.24, 2.45) is 0 Å². The highest BCUT2D eigenvalue weighted by molar-refractivity contribution is 5.90. The number of aromatic hydroxyl groups is 1. The fourth-order valence-electron chi connectivity index (χ4n) is 1.60. The number of nitrogens with zero attached hydrogens (tertiary/aromatic N) is 1. The number of phenols is 1. The van der Waals surface area contributed by atoms with Crippen LogP contribution in [-0.4, -0.2) is 21.2 Å². The molecule has 2 rings (SSSR count). The summed E-state index contributed by atoms with van der Waals surface area (Å²) >= 11 is 0. The summed E-state index contributed by atoms with van der Waals surface area (Å²) in [6.45, 7) is 0. The number of carbonyl (C=O) groups is 1. The number of aromatic nitrogens is 1. The second-order valence-corrected chi connectivity index (χ2v) is 3.69. The Morgan fingerprint density at radius 3 is 2.47 bits per heavy atom. The number of hydrogen-bond acceptors (Lipinski definition) is 3. The van der Waals surface area contributed by atoms with E-state index in [1.807, 2.05) is 12.1 Å². The Labute approximate surface area is 98.2 Å². The van der Waals surface area contributed by atoms with Crippen LogP contribution >= 0.6 is 0 Å². The Morgan fingerprint density at radius 1 is 1.12 bits per heavy atom. The van der Waals surface area contributed by atoms with Crippen LogP contribution in [0.15, 0.2) is 42.7 Å². The highest BCUT2D eigenvalue weighted by Gasteiger charge is 2.10. The third-order valence-corrected chi connectivity index (χ3v) is 2.45. The van der Waals surface area contributed by atoms with E-state index in [1.165, 1.54) is 12.1 Å². The number of carboxylic acid groups (broad SMARTS) is 1. The fourth-order valence-corrected chi connectivity index (χ4v) is 1.60. The molecule has 0 aliphatic rings. The SMILES string of the molecule is O=C(O)c1cc(Cc2ccncc2)ccc1O. The largest absolute Gasteiger partial charge is 0.507 e. The molecule has 0 saturated heterocycles. The average molecular weight is 229 g/mol. The molecule has 0 fully saturated rings. The van der Waals surface area contributed by atoms with E-state index in [4.69, 9.17) is 5.11 Å². The summed E-state index contributed by atoms with van der Waals surface area (Å²) in [4.78, 5) is 14.8. The van der Waals surface area contributed by atoms with E-state index in [1.54, 1.807) is 18.5 Å². The van der Waals surface area contributed by atoms with Gasteiger partial charge in [-0.15, -0.1) is 0 Å². The number of pyridine rings is 1. The van der Waals surface area contributed by atoms with Gasteiger partial charge in [0.25, 0.3) is 0 Å². The van der Waals surface area contributed by atoms with Crippen LogP contribution in [-0.2, 0) is 6.42 Å². The van der Waals surface area contributed by atoms with Crippen LogP contribution in [0, 0.1) is 0 Å². The van der Waals surface area contributed by atoms with Crippen molar-refractivity contribution in [2.45, 2.75) is 6.42 Å². The van der Waals surface area contributed by atoms with Gasteiger partial charge in [0.15, 0.2) is 0 Å². The normalized spacial score (nSPS) is 10.1. The minimum atomic E-state index is -1.13. The number of aromatic carboxylic acids is 1. The zero-order valence-corrected chi connectivity index (χ0v) is 9.00. The van der Waals surface area contributed by atoms with Gasteiger partial charge in [-0.2, -0.15) is 0 Å². The first-order valence-corrected chi connectivity index (χ1v) is 5.11. The van der Waals surface area contributed by atoms with E-state index in [-0.39, 0.29) is 11.3 Å². The predicted octanol–water partition coefficient (Wildman–Crippen LogP) is 2.08. The summed E-state index contributed by atoms with van der Waals surface area (Å²) in [7, 11) is 0. The molecule has 0 spiro atoms. The molecule has 1 heterocycles. The molecule has 4 heteroatoms. The van der Waals surface area contributed by atoms with Gasteiger partial charge in [0.05, 0.1) is 0 Å². The lowest BCUT2D eigenvalue weighted by Gasteiger charge is -2.04. The molecule has 0 atom stereocenters. The first-order chi connectivity index (χ1) is 8.16. The van der Waals surface area contributed by atoms with Gasteiger partial charge in [0.1, 0.15) is 11.3 Å². The monoisotopic (exact) mass is 229 g/mol. The summed E-state index contributed by atoms with van der Waals surface area (Å²) in [5.74, 6) is -1.34. The molecule has 1 aromatic carbocycles. The first-order valence-electron chi connectivity index (χ1n) is 5.11. The van der Waals surface area contributed by atoms with Crippen molar-refractivity contribution < 1.29 is 15.0 Å². The van der Waals surface area contributed by atoms with E-state index in [2.05, 4.69) is 4.98 Å². The Balaban J connectivity index is 2.29. The highest BCUT2D eigenvalue weighted by atomic mass is 16.4. The Kier molecular flexibility index (Phi) is 3.05. The van der Waals surface area contributed by atoms with Gasteiger partial charge in [-0.1, -0.05) is 6.07 Å². The van der Waals surface area contributed by atoms with Gasteiger partial charge < -0.3 is 10.2 Å². The summed E-state index contributed by atoms with van der Waals surface area (Å²) in [5.41, 5.74) is 1.81. The molecule has 17 heavy (non-hydrogen) atoms. The smallest absolute Gasteiger partial charge is 0.339 e.